The van der Waals surface area contributed by atoms with Crippen LogP contribution in [0.4, 0.5) is 4.39 Å². The number of fused-ring (bicyclic) bond motifs is 1. The van der Waals surface area contributed by atoms with Crippen LogP contribution in [0.1, 0.15) is 16.1 Å². The molecule has 0 unspecified atom stereocenters. The Balaban J connectivity index is 2.08. The third-order valence-corrected chi connectivity index (χ3v) is 4.86. The zero-order valence-corrected chi connectivity index (χ0v) is 16.3. The Morgan fingerprint density at radius 1 is 1.13 bits per heavy atom. The highest BCUT2D eigenvalue weighted by Gasteiger charge is 2.27. The van der Waals surface area contributed by atoms with Gasteiger partial charge < -0.3 is 19.1 Å². The van der Waals surface area contributed by atoms with Gasteiger partial charge in [0.2, 0.25) is 11.8 Å². The number of aromatic nitrogens is 3. The van der Waals surface area contributed by atoms with Gasteiger partial charge in [-0.1, -0.05) is 18.2 Å². The van der Waals surface area contributed by atoms with Crippen LogP contribution in [-0.2, 0) is 6.54 Å². The lowest BCUT2D eigenvalue weighted by Gasteiger charge is -2.11. The van der Waals surface area contributed by atoms with Crippen molar-refractivity contribution in [1.82, 2.24) is 14.5 Å². The maximum Gasteiger partial charge on any atom is 0.353 e. The van der Waals surface area contributed by atoms with E-state index in [0.717, 1.165) is 0 Å². The average molecular weight is 407 g/mol. The van der Waals surface area contributed by atoms with E-state index in [1.807, 2.05) is 0 Å². The van der Waals surface area contributed by atoms with Crippen LogP contribution in [0.3, 0.4) is 0 Å². The largest absolute Gasteiger partial charge is 0.481 e. The second-order valence-corrected chi connectivity index (χ2v) is 6.51. The minimum absolute atomic E-state index is 0.0153. The topological polar surface area (TPSA) is 86.5 Å². The highest BCUT2D eigenvalue weighted by molar-refractivity contribution is 6.09. The van der Waals surface area contributed by atoms with Crippen LogP contribution in [0.5, 0.6) is 11.8 Å². The molecule has 8 heteroatoms. The normalized spacial score (nSPS) is 10.9. The zero-order chi connectivity index (χ0) is 21.3. The quantitative estimate of drug-likeness (QED) is 0.520. The van der Waals surface area contributed by atoms with Gasteiger partial charge in [-0.05, 0) is 18.2 Å². The lowest BCUT2D eigenvalue weighted by atomic mass is 10.0. The standard InChI is InChI=1S/C22H18FN3O4/c1-29-18-10-15-17(11-25-18)26(12-13-6-3-4-8-16(13)23)20(22(27)28)19(15)14-7-5-9-24-21(14)30-2/h3-11H,12H2,1-2H3,(H,27,28). The highest BCUT2D eigenvalue weighted by Crippen LogP contribution is 2.40. The lowest BCUT2D eigenvalue weighted by molar-refractivity contribution is 0.0687. The first kappa shape index (κ1) is 19.4. The number of carboxylic acid groups (broad SMARTS) is 1. The molecule has 3 aromatic heterocycles. The molecule has 152 valence electrons. The summed E-state index contributed by atoms with van der Waals surface area (Å²) in [5.74, 6) is -0.979. The summed E-state index contributed by atoms with van der Waals surface area (Å²) >= 11 is 0. The van der Waals surface area contributed by atoms with Crippen LogP contribution in [-0.4, -0.2) is 39.8 Å². The van der Waals surface area contributed by atoms with Crippen molar-refractivity contribution in [1.29, 1.82) is 0 Å². The number of pyridine rings is 2. The van der Waals surface area contributed by atoms with Crippen molar-refractivity contribution in [2.45, 2.75) is 6.54 Å². The maximum atomic E-state index is 14.3. The van der Waals surface area contributed by atoms with Crippen molar-refractivity contribution < 1.29 is 23.8 Å². The minimum Gasteiger partial charge on any atom is -0.481 e. The summed E-state index contributed by atoms with van der Waals surface area (Å²) < 4.78 is 26.5. The van der Waals surface area contributed by atoms with Crippen molar-refractivity contribution in [3.05, 3.63) is 71.9 Å². The van der Waals surface area contributed by atoms with E-state index in [0.29, 0.717) is 33.5 Å². The second kappa shape index (κ2) is 7.82. The van der Waals surface area contributed by atoms with Crippen LogP contribution in [0.25, 0.3) is 22.0 Å². The fourth-order valence-corrected chi connectivity index (χ4v) is 3.54. The summed E-state index contributed by atoms with van der Waals surface area (Å²) in [5.41, 5.74) is 1.77. The molecule has 0 radical (unpaired) electrons. The molecule has 4 aromatic rings. The van der Waals surface area contributed by atoms with Crippen molar-refractivity contribution in [3.63, 3.8) is 0 Å². The first-order valence-electron chi connectivity index (χ1n) is 9.07. The molecule has 0 aliphatic rings. The number of carboxylic acids is 1. The molecule has 1 N–H and O–H groups in total. The predicted octanol–water partition coefficient (Wildman–Crippen LogP) is 4.00. The minimum atomic E-state index is -1.16. The van der Waals surface area contributed by atoms with Crippen LogP contribution in [0, 0.1) is 5.82 Å². The van der Waals surface area contributed by atoms with Gasteiger partial charge in [0.05, 0.1) is 32.5 Å². The summed E-state index contributed by atoms with van der Waals surface area (Å²) in [7, 11) is 2.94. The number of methoxy groups -OCH3 is 2. The average Bonchev–Trinajstić information content (AvgIpc) is 3.08. The van der Waals surface area contributed by atoms with E-state index in [1.54, 1.807) is 42.6 Å². The number of halogens is 1. The van der Waals surface area contributed by atoms with Gasteiger partial charge in [-0.15, -0.1) is 0 Å². The van der Waals surface area contributed by atoms with Crippen LogP contribution >= 0.6 is 0 Å². The maximum absolute atomic E-state index is 14.3. The Morgan fingerprint density at radius 2 is 1.93 bits per heavy atom. The molecule has 0 aliphatic carbocycles. The molecule has 0 saturated carbocycles. The summed E-state index contributed by atoms with van der Waals surface area (Å²) in [6.45, 7) is 0.0153. The summed E-state index contributed by atoms with van der Waals surface area (Å²) in [6.07, 6.45) is 3.08. The first-order chi connectivity index (χ1) is 14.5. The molecule has 1 aromatic carbocycles. The molecule has 0 bridgehead atoms. The molecule has 0 fully saturated rings. The van der Waals surface area contributed by atoms with Crippen LogP contribution < -0.4 is 9.47 Å². The number of aromatic carboxylic acids is 1. The van der Waals surface area contributed by atoms with Crippen LogP contribution in [0.2, 0.25) is 0 Å². The van der Waals surface area contributed by atoms with Crippen molar-refractivity contribution in [3.8, 4) is 22.9 Å². The fourth-order valence-electron chi connectivity index (χ4n) is 3.54. The summed E-state index contributed by atoms with van der Waals surface area (Å²) in [5, 5.41) is 10.7. The number of ether oxygens (including phenoxy) is 2. The number of hydrogen-bond acceptors (Lipinski definition) is 5. The number of carbonyl (C=O) groups is 1. The summed E-state index contributed by atoms with van der Waals surface area (Å²) in [6, 6.07) is 11.3. The Kier molecular flexibility index (Phi) is 5.05. The third kappa shape index (κ3) is 3.22. The van der Waals surface area contributed by atoms with Gasteiger partial charge in [-0.2, -0.15) is 0 Å². The number of nitrogens with zero attached hydrogens (tertiary/aromatic N) is 3. The number of benzene rings is 1. The third-order valence-electron chi connectivity index (χ3n) is 4.86. The van der Waals surface area contributed by atoms with E-state index in [4.69, 9.17) is 9.47 Å². The van der Waals surface area contributed by atoms with Crippen molar-refractivity contribution >= 4 is 16.9 Å². The Hall–Kier alpha value is -3.94. The SMILES string of the molecule is COc1cc2c(-c3cccnc3OC)c(C(=O)O)n(Cc3ccccc3F)c2cn1. The predicted molar refractivity (Wildman–Crippen MR) is 109 cm³/mol. The van der Waals surface area contributed by atoms with Gasteiger partial charge in [-0.25, -0.2) is 19.2 Å². The van der Waals surface area contributed by atoms with E-state index >= 15 is 0 Å². The molecule has 0 spiro atoms. The molecule has 7 nitrogen and oxygen atoms in total. The molecule has 30 heavy (non-hydrogen) atoms. The Labute approximate surface area is 171 Å². The highest BCUT2D eigenvalue weighted by atomic mass is 19.1. The fraction of sp³-hybridized carbons (Fsp3) is 0.136. The molecule has 4 rings (SSSR count). The van der Waals surface area contributed by atoms with Gasteiger partial charge in [-0.3, -0.25) is 0 Å². The lowest BCUT2D eigenvalue weighted by Crippen LogP contribution is -2.11. The van der Waals surface area contributed by atoms with Gasteiger partial charge in [0.25, 0.3) is 0 Å². The second-order valence-electron chi connectivity index (χ2n) is 6.51. The zero-order valence-electron chi connectivity index (χ0n) is 16.3. The van der Waals surface area contributed by atoms with Gasteiger partial charge in [0.15, 0.2) is 0 Å². The Bertz CT molecular complexity index is 1250. The van der Waals surface area contributed by atoms with E-state index in [1.165, 1.54) is 31.0 Å². The summed E-state index contributed by atoms with van der Waals surface area (Å²) in [4.78, 5) is 20.8. The number of hydrogen-bond donors (Lipinski definition) is 1. The monoisotopic (exact) mass is 407 g/mol. The van der Waals surface area contributed by atoms with Gasteiger partial charge in [0, 0.05) is 34.3 Å². The van der Waals surface area contributed by atoms with Crippen molar-refractivity contribution in [2.24, 2.45) is 0 Å². The van der Waals surface area contributed by atoms with E-state index in [-0.39, 0.29) is 18.1 Å². The Morgan fingerprint density at radius 3 is 2.63 bits per heavy atom. The molecule has 3 heterocycles. The van der Waals surface area contributed by atoms with E-state index in [2.05, 4.69) is 9.97 Å². The van der Waals surface area contributed by atoms with E-state index < -0.39 is 11.8 Å². The molecule has 0 amide bonds. The molecule has 0 saturated heterocycles. The van der Waals surface area contributed by atoms with Gasteiger partial charge in [0.1, 0.15) is 11.5 Å². The first-order valence-corrected chi connectivity index (χ1v) is 9.07. The van der Waals surface area contributed by atoms with Crippen molar-refractivity contribution in [2.75, 3.05) is 14.2 Å². The van der Waals surface area contributed by atoms with Crippen LogP contribution in [0.15, 0.2) is 54.9 Å². The smallest absolute Gasteiger partial charge is 0.353 e. The van der Waals surface area contributed by atoms with Gasteiger partial charge >= 0.3 is 5.97 Å². The molecule has 0 atom stereocenters. The molecular weight excluding hydrogens is 389 g/mol. The van der Waals surface area contributed by atoms with E-state index in [9.17, 15) is 14.3 Å². The molecular formula is C22H18FN3O4. The number of rotatable bonds is 6. The molecule has 0 aliphatic heterocycles.